The van der Waals surface area contributed by atoms with Crippen molar-refractivity contribution in [2.45, 2.75) is 83.8 Å². The molecule has 1 aliphatic heterocycles. The van der Waals surface area contributed by atoms with Crippen LogP contribution in [0.25, 0.3) is 0 Å². The van der Waals surface area contributed by atoms with Gasteiger partial charge in [-0.2, -0.15) is 0 Å². The van der Waals surface area contributed by atoms with Gasteiger partial charge in [-0.05, 0) is 114 Å². The maximum atomic E-state index is 13.8. The van der Waals surface area contributed by atoms with Gasteiger partial charge in [-0.3, -0.25) is 19.7 Å². The third-order valence-corrected chi connectivity index (χ3v) is 14.3. The van der Waals surface area contributed by atoms with Crippen LogP contribution >= 0.6 is 11.3 Å². The van der Waals surface area contributed by atoms with Gasteiger partial charge >= 0.3 is 6.03 Å². The lowest BCUT2D eigenvalue weighted by molar-refractivity contribution is -0.142. The molecule has 23 heteroatoms. The summed E-state index contributed by atoms with van der Waals surface area (Å²) < 4.78 is 36.4. The lowest BCUT2D eigenvalue weighted by Gasteiger charge is -2.29. The molecule has 7 rings (SSSR count). The van der Waals surface area contributed by atoms with Gasteiger partial charge in [0.2, 0.25) is 12.3 Å². The largest absolute Gasteiger partial charge is 0.494 e. The number of hydrogen-bond acceptors (Lipinski definition) is 17. The highest BCUT2D eigenvalue weighted by molar-refractivity contribution is 7.13. The third kappa shape index (κ3) is 24.2. The second kappa shape index (κ2) is 36.3. The number of nitrogens with zero attached hydrogens (tertiary/aromatic N) is 9. The van der Waals surface area contributed by atoms with Gasteiger partial charge in [0.15, 0.2) is 16.9 Å². The number of hydrogen-bond donors (Lipinski definition) is 3. The molecule has 1 aliphatic carbocycles. The maximum absolute atomic E-state index is 13.8. The van der Waals surface area contributed by atoms with E-state index in [2.05, 4.69) is 73.5 Å². The fourth-order valence-corrected chi connectivity index (χ4v) is 9.27. The number of likely N-dealkylation sites (N-methyl/N-ethyl adjacent to an activating group) is 2. The van der Waals surface area contributed by atoms with Gasteiger partial charge in [-0.15, -0.1) is 16.4 Å². The zero-order chi connectivity index (χ0) is 59.0. The summed E-state index contributed by atoms with van der Waals surface area (Å²) >= 11 is 1.40. The van der Waals surface area contributed by atoms with Crippen LogP contribution in [0.5, 0.6) is 11.5 Å². The number of rotatable bonds is 37. The minimum atomic E-state index is -0.921. The smallest absolute Gasteiger partial charge is 0.325 e. The van der Waals surface area contributed by atoms with Crippen molar-refractivity contribution in [1.82, 2.24) is 50.1 Å². The van der Waals surface area contributed by atoms with E-state index in [9.17, 15) is 19.2 Å². The first-order valence-electron chi connectivity index (χ1n) is 28.5. The van der Waals surface area contributed by atoms with Gasteiger partial charge in [0.1, 0.15) is 18.1 Å². The molecule has 2 fully saturated rings. The first kappa shape index (κ1) is 64.9. The van der Waals surface area contributed by atoms with Gasteiger partial charge in [0.05, 0.1) is 69.9 Å². The minimum absolute atomic E-state index is 0.0317. The van der Waals surface area contributed by atoms with E-state index in [-0.39, 0.29) is 36.9 Å². The van der Waals surface area contributed by atoms with Crippen LogP contribution < -0.4 is 25.4 Å². The molecule has 5 aromatic rings. The van der Waals surface area contributed by atoms with Crippen molar-refractivity contribution >= 4 is 46.4 Å². The van der Waals surface area contributed by atoms with E-state index in [1.165, 1.54) is 11.3 Å². The zero-order valence-electron chi connectivity index (χ0n) is 48.7. The SMILES string of the molecule is C=C/C=C(\C=C)CNC(=O)C(c1cc(C)no1)N(C(=O)CCc1ccc(OCCCCN(C)CCOCCOCCc2cn(CCOCCOc3ccc(NC(=O)Nc4nc(CC)cs4)cc3)nn2)cc1)C1CC1.CN1CCN(C=O)CC1. The Labute approximate surface area is 492 Å². The van der Waals surface area contributed by atoms with Crippen molar-refractivity contribution in [3.05, 3.63) is 132 Å². The Kier molecular flexibility index (Phi) is 28.4. The molecule has 3 N–H and O–H groups in total. The number of aromatic nitrogens is 5. The Morgan fingerprint density at radius 1 is 0.855 bits per heavy atom. The van der Waals surface area contributed by atoms with Crippen LogP contribution in [0.3, 0.4) is 0 Å². The molecule has 5 amide bonds. The first-order valence-corrected chi connectivity index (χ1v) is 29.4. The van der Waals surface area contributed by atoms with Crippen molar-refractivity contribution < 1.29 is 47.4 Å². The van der Waals surface area contributed by atoms with E-state index in [0.717, 1.165) is 106 Å². The average Bonchev–Trinajstić information content (AvgIpc) is 3.93. The minimum Gasteiger partial charge on any atom is -0.494 e. The molecule has 1 saturated heterocycles. The van der Waals surface area contributed by atoms with Crippen LogP contribution in [0.15, 0.2) is 108 Å². The number of carbonyl (C=O) groups is 4. The van der Waals surface area contributed by atoms with E-state index in [0.29, 0.717) is 100 Å². The third-order valence-electron chi connectivity index (χ3n) is 13.5. The molecule has 0 bridgehead atoms. The van der Waals surface area contributed by atoms with Crippen LogP contribution in [0.1, 0.15) is 73.5 Å². The summed E-state index contributed by atoms with van der Waals surface area (Å²) in [6, 6.07) is 15.4. The molecule has 0 radical (unpaired) electrons. The van der Waals surface area contributed by atoms with E-state index in [1.54, 1.807) is 70.0 Å². The summed E-state index contributed by atoms with van der Waals surface area (Å²) in [5, 5.41) is 23.4. The summed E-state index contributed by atoms with van der Waals surface area (Å²) in [6.45, 7) is 21.8. The number of aryl methyl sites for hydroxylation is 3. The van der Waals surface area contributed by atoms with Crippen molar-refractivity contribution in [1.29, 1.82) is 0 Å². The van der Waals surface area contributed by atoms with E-state index >= 15 is 0 Å². The Morgan fingerprint density at radius 2 is 1.57 bits per heavy atom. The van der Waals surface area contributed by atoms with Crippen LogP contribution in [0, 0.1) is 6.92 Å². The fourth-order valence-electron chi connectivity index (χ4n) is 8.48. The predicted molar refractivity (Wildman–Crippen MR) is 320 cm³/mol. The summed E-state index contributed by atoms with van der Waals surface area (Å²) in [5.74, 6) is 1.37. The number of urea groups is 1. The Bertz CT molecular complexity index is 2760. The zero-order valence-corrected chi connectivity index (χ0v) is 49.5. The molecular weight excluding hydrogens is 1080 g/mol. The van der Waals surface area contributed by atoms with Crippen molar-refractivity contribution in [2.24, 2.45) is 0 Å². The number of thiazole rings is 1. The number of anilines is 2. The number of nitrogens with one attached hydrogen (secondary N) is 3. The summed E-state index contributed by atoms with van der Waals surface area (Å²) in [7, 11) is 4.16. The molecule has 1 atom stereocenters. The fraction of sp³-hybridized carbons (Fsp3) is 0.500. The number of unbranched alkanes of at least 4 members (excludes halogenated alkanes) is 1. The van der Waals surface area contributed by atoms with Gasteiger partial charge in [0.25, 0.3) is 5.91 Å². The van der Waals surface area contributed by atoms with Gasteiger partial charge in [-0.1, -0.05) is 60.8 Å². The van der Waals surface area contributed by atoms with E-state index < -0.39 is 6.04 Å². The molecule has 450 valence electrons. The standard InChI is InChI=1S/C54H72N10O9S.C6H12N2O/c1-6-11-41(7-2)37-55-52(66)51(49-36-40(4)60-73-49)64(46-17-18-46)50(65)23-14-42-12-19-47(20-13-42)71-28-10-9-25-62(5)26-30-69-33-32-68-29-24-45-38-63(61-59-45)27-31-70-34-35-72-48-21-15-44(16-22-48)56-53(67)58-54-57-43(8-3)39-74-54;1-7-2-4-8(6-9)5-3-7/h6-7,11-13,15-16,19-22,36,38-39,46,51H,1-2,8-10,14,17-18,23-35,37H2,3-5H3,(H,55,66)(H2,56,57,58,67);6H,2-5H2,1H3/b41-11+;. The average molecular weight is 1170 g/mol. The molecule has 83 heavy (non-hydrogen) atoms. The van der Waals surface area contributed by atoms with Gasteiger partial charge in [0, 0.05) is 81.5 Å². The molecular formula is C60H84N12O10S. The molecule has 1 unspecified atom stereocenters. The van der Waals surface area contributed by atoms with Crippen molar-refractivity contribution in [2.75, 3.05) is 123 Å². The highest BCUT2D eigenvalue weighted by Crippen LogP contribution is 2.36. The monoisotopic (exact) mass is 1160 g/mol. The highest BCUT2D eigenvalue weighted by Gasteiger charge is 2.43. The molecule has 3 aromatic heterocycles. The Morgan fingerprint density at radius 3 is 2.24 bits per heavy atom. The van der Waals surface area contributed by atoms with E-state index in [1.807, 2.05) is 42.8 Å². The lowest BCUT2D eigenvalue weighted by atomic mass is 10.1. The Balaban J connectivity index is 0.00000112. The Hall–Kier alpha value is -7.28. The molecule has 1 saturated carbocycles. The molecule has 4 heterocycles. The number of allylic oxidation sites excluding steroid dienone is 2. The molecule has 22 nitrogen and oxygen atoms in total. The lowest BCUT2D eigenvalue weighted by Crippen LogP contribution is -2.45. The van der Waals surface area contributed by atoms with Crippen LogP contribution in [-0.4, -0.2) is 188 Å². The summed E-state index contributed by atoms with van der Waals surface area (Å²) in [4.78, 5) is 62.1. The second-order valence-electron chi connectivity index (χ2n) is 20.2. The van der Waals surface area contributed by atoms with E-state index in [4.69, 9.17) is 28.2 Å². The summed E-state index contributed by atoms with van der Waals surface area (Å²) in [5.41, 5.74) is 4.89. The number of benzene rings is 2. The van der Waals surface area contributed by atoms with Crippen LogP contribution in [-0.2, 0) is 54.4 Å². The van der Waals surface area contributed by atoms with Crippen molar-refractivity contribution in [3.8, 4) is 11.5 Å². The topological polar surface area (TPSA) is 233 Å². The maximum Gasteiger partial charge on any atom is 0.325 e. The van der Waals surface area contributed by atoms with Crippen LogP contribution in [0.2, 0.25) is 0 Å². The highest BCUT2D eigenvalue weighted by atomic mass is 32.1. The summed E-state index contributed by atoms with van der Waals surface area (Å²) in [6.07, 6.45) is 13.7. The number of piperazine rings is 1. The van der Waals surface area contributed by atoms with Crippen molar-refractivity contribution in [3.63, 3.8) is 0 Å². The predicted octanol–water partition coefficient (Wildman–Crippen LogP) is 7.17. The molecule has 2 aromatic carbocycles. The molecule has 0 spiro atoms. The normalized spacial score (nSPS) is 13.8. The second-order valence-corrected chi connectivity index (χ2v) is 21.0. The first-order chi connectivity index (χ1) is 40.4. The number of ether oxygens (including phenoxy) is 5. The number of amides is 5. The molecule has 2 aliphatic rings. The quantitative estimate of drug-likeness (QED) is 0.0203. The van der Waals surface area contributed by atoms with Gasteiger partial charge < -0.3 is 58.4 Å². The van der Waals surface area contributed by atoms with Gasteiger partial charge in [-0.25, -0.2) is 14.5 Å². The number of carbonyl (C=O) groups excluding carboxylic acids is 4. The van der Waals surface area contributed by atoms with Crippen LogP contribution in [0.4, 0.5) is 15.6 Å².